The first kappa shape index (κ1) is 77.9. The molecule has 1 aliphatic heterocycles. The molecule has 0 bridgehead atoms. The molecule has 1 rings (SSSR count). The highest BCUT2D eigenvalue weighted by Crippen LogP contribution is 2.23. The molecule has 0 saturated carbocycles. The molecule has 482 valence electrons. The molecule has 0 aromatic carbocycles. The summed E-state index contributed by atoms with van der Waals surface area (Å²) in [4.78, 5) is 25.0. The van der Waals surface area contributed by atoms with Gasteiger partial charge in [0.25, 0.3) is 0 Å². The second kappa shape index (κ2) is 60.6. The van der Waals surface area contributed by atoms with Crippen molar-refractivity contribution in [2.45, 2.75) is 384 Å². The first-order valence-electron chi connectivity index (χ1n) is 35.3. The van der Waals surface area contributed by atoms with E-state index in [1.165, 1.54) is 250 Å². The van der Waals surface area contributed by atoms with Crippen LogP contribution in [0.15, 0.2) is 36.5 Å². The maximum Gasteiger partial charge on any atom is 0.305 e. The summed E-state index contributed by atoms with van der Waals surface area (Å²) in [5.41, 5.74) is 0. The van der Waals surface area contributed by atoms with E-state index in [0.29, 0.717) is 19.4 Å². The van der Waals surface area contributed by atoms with Crippen LogP contribution in [0.1, 0.15) is 341 Å². The molecule has 1 heterocycles. The van der Waals surface area contributed by atoms with Crippen molar-refractivity contribution in [2.75, 3.05) is 19.8 Å². The maximum absolute atomic E-state index is 13.0. The van der Waals surface area contributed by atoms with Crippen molar-refractivity contribution in [3.63, 3.8) is 0 Å². The zero-order chi connectivity index (χ0) is 59.5. The first-order valence-corrected chi connectivity index (χ1v) is 35.3. The van der Waals surface area contributed by atoms with Crippen molar-refractivity contribution in [1.82, 2.24) is 5.32 Å². The van der Waals surface area contributed by atoms with E-state index in [4.69, 9.17) is 14.2 Å². The molecule has 1 saturated heterocycles. The highest BCUT2D eigenvalue weighted by atomic mass is 16.7. The molecule has 0 radical (unpaired) electrons. The molecule has 1 aliphatic rings. The van der Waals surface area contributed by atoms with Crippen molar-refractivity contribution >= 4 is 11.9 Å². The lowest BCUT2D eigenvalue weighted by Crippen LogP contribution is -2.60. The molecule has 7 unspecified atom stereocenters. The third-order valence-corrected chi connectivity index (χ3v) is 16.7. The molecule has 7 atom stereocenters. The number of esters is 1. The highest BCUT2D eigenvalue weighted by molar-refractivity contribution is 5.76. The van der Waals surface area contributed by atoms with E-state index < -0.39 is 49.5 Å². The zero-order valence-electron chi connectivity index (χ0n) is 53.5. The van der Waals surface area contributed by atoms with Crippen LogP contribution < -0.4 is 5.32 Å². The monoisotopic (exact) mass is 1160 g/mol. The normalized spacial score (nSPS) is 18.4. The minimum Gasteiger partial charge on any atom is -0.466 e. The Morgan fingerprint density at radius 2 is 0.817 bits per heavy atom. The Morgan fingerprint density at radius 3 is 1.23 bits per heavy atom. The molecule has 0 spiro atoms. The molecule has 11 nitrogen and oxygen atoms in total. The summed E-state index contributed by atoms with van der Waals surface area (Å²) in [5.74, 6) is -0.173. The molecule has 1 fully saturated rings. The number of carbonyl (C=O) groups excluding carboxylic acids is 2. The average Bonchev–Trinajstić information content (AvgIpc) is 3.56. The van der Waals surface area contributed by atoms with Gasteiger partial charge in [0.1, 0.15) is 24.4 Å². The smallest absolute Gasteiger partial charge is 0.305 e. The van der Waals surface area contributed by atoms with Crippen molar-refractivity contribution in [3.8, 4) is 0 Å². The van der Waals surface area contributed by atoms with Crippen LogP contribution in [-0.2, 0) is 23.8 Å². The summed E-state index contributed by atoms with van der Waals surface area (Å²) >= 11 is 0. The van der Waals surface area contributed by atoms with E-state index in [9.17, 15) is 35.1 Å². The van der Waals surface area contributed by atoms with Gasteiger partial charge in [-0.1, -0.05) is 301 Å². The van der Waals surface area contributed by atoms with Gasteiger partial charge in [-0.2, -0.15) is 0 Å². The average molecular weight is 1160 g/mol. The number of aliphatic hydroxyl groups is 5. The largest absolute Gasteiger partial charge is 0.466 e. The highest BCUT2D eigenvalue weighted by Gasteiger charge is 2.44. The van der Waals surface area contributed by atoms with E-state index in [1.54, 1.807) is 6.08 Å². The van der Waals surface area contributed by atoms with Crippen LogP contribution in [0.2, 0.25) is 0 Å². The number of aliphatic hydroxyl groups excluding tert-OH is 5. The molecular weight excluding hydrogens is 1030 g/mol. The Hall–Kier alpha value is -2.12. The Labute approximate surface area is 504 Å². The van der Waals surface area contributed by atoms with E-state index in [-0.39, 0.29) is 18.5 Å². The Bertz CT molecular complexity index is 1460. The maximum atomic E-state index is 13.0. The zero-order valence-corrected chi connectivity index (χ0v) is 53.5. The van der Waals surface area contributed by atoms with Crippen LogP contribution in [-0.4, -0.2) is 100 Å². The predicted octanol–water partition coefficient (Wildman–Crippen LogP) is 17.8. The lowest BCUT2D eigenvalue weighted by Gasteiger charge is -2.40. The van der Waals surface area contributed by atoms with Crippen LogP contribution in [0.5, 0.6) is 0 Å². The van der Waals surface area contributed by atoms with E-state index in [1.807, 2.05) is 6.08 Å². The van der Waals surface area contributed by atoms with Crippen LogP contribution in [0.25, 0.3) is 0 Å². The van der Waals surface area contributed by atoms with Gasteiger partial charge in [-0.05, 0) is 64.2 Å². The first-order chi connectivity index (χ1) is 40.2. The number of rotatable bonds is 62. The topological polar surface area (TPSA) is 175 Å². The number of hydrogen-bond acceptors (Lipinski definition) is 10. The van der Waals surface area contributed by atoms with E-state index in [0.717, 1.165) is 64.2 Å². The molecule has 0 aromatic heterocycles. The number of ether oxygens (including phenoxy) is 3. The summed E-state index contributed by atoms with van der Waals surface area (Å²) in [6.45, 7) is 4.35. The summed E-state index contributed by atoms with van der Waals surface area (Å²) in [5, 5.41) is 54.4. The van der Waals surface area contributed by atoms with Crippen LogP contribution >= 0.6 is 0 Å². The fourth-order valence-electron chi connectivity index (χ4n) is 11.2. The molecule has 6 N–H and O–H groups in total. The van der Waals surface area contributed by atoms with Gasteiger partial charge in [0.05, 0.1) is 32.0 Å². The number of unbranched alkanes of at least 4 members (excludes halogenated alkanes) is 44. The lowest BCUT2D eigenvalue weighted by atomic mass is 9.99. The van der Waals surface area contributed by atoms with Crippen LogP contribution in [0.3, 0.4) is 0 Å². The minimum atomic E-state index is -1.57. The second-order valence-corrected chi connectivity index (χ2v) is 24.6. The molecule has 11 heteroatoms. The lowest BCUT2D eigenvalue weighted by molar-refractivity contribution is -0.302. The predicted molar refractivity (Wildman–Crippen MR) is 343 cm³/mol. The minimum absolute atomic E-state index is 0.00676. The van der Waals surface area contributed by atoms with Gasteiger partial charge in [0.2, 0.25) is 5.91 Å². The van der Waals surface area contributed by atoms with Crippen LogP contribution in [0.4, 0.5) is 0 Å². The summed E-state index contributed by atoms with van der Waals surface area (Å²) in [6.07, 6.45) is 67.2. The van der Waals surface area contributed by atoms with Gasteiger partial charge in [-0.3, -0.25) is 9.59 Å². The van der Waals surface area contributed by atoms with Crippen molar-refractivity contribution in [2.24, 2.45) is 0 Å². The molecule has 0 aliphatic carbocycles. The molecular formula is C71H133NO10. The van der Waals surface area contributed by atoms with Crippen molar-refractivity contribution in [1.29, 1.82) is 0 Å². The SMILES string of the molecule is CCCCCCCCCC/C=C/C(O)C(COC1OC(CO)C(O)C(O)C1O)NC(=O)CCCCCCCCCCCCCCCCCCC/C=C\C/C=C\CCCCCCCCCCCOC(=O)CCCCCCCCCCCCC. The fourth-order valence-corrected chi connectivity index (χ4v) is 11.2. The summed E-state index contributed by atoms with van der Waals surface area (Å²) in [6, 6.07) is -0.807. The third-order valence-electron chi connectivity index (χ3n) is 16.7. The van der Waals surface area contributed by atoms with Crippen molar-refractivity contribution in [3.05, 3.63) is 36.5 Å². The van der Waals surface area contributed by atoms with Gasteiger partial charge in [0, 0.05) is 12.8 Å². The number of amides is 1. The molecule has 1 amide bonds. The third kappa shape index (κ3) is 49.0. The van der Waals surface area contributed by atoms with Gasteiger partial charge in [0.15, 0.2) is 6.29 Å². The molecule has 0 aromatic rings. The van der Waals surface area contributed by atoms with Gasteiger partial charge in [-0.25, -0.2) is 0 Å². The fraction of sp³-hybridized carbons (Fsp3) is 0.887. The Kier molecular flexibility index (Phi) is 57.5. The Balaban J connectivity index is 1.94. The van der Waals surface area contributed by atoms with E-state index >= 15 is 0 Å². The second-order valence-electron chi connectivity index (χ2n) is 24.6. The van der Waals surface area contributed by atoms with Gasteiger partial charge in [-0.15, -0.1) is 0 Å². The van der Waals surface area contributed by atoms with E-state index in [2.05, 4.69) is 43.5 Å². The number of nitrogens with one attached hydrogen (secondary N) is 1. The summed E-state index contributed by atoms with van der Waals surface area (Å²) in [7, 11) is 0. The van der Waals surface area contributed by atoms with Gasteiger partial charge < -0.3 is 45.1 Å². The molecule has 82 heavy (non-hydrogen) atoms. The standard InChI is InChI=1S/C71H133NO10/c1-3-5-7-9-11-13-38-43-47-51-55-59-67(76)80-60-56-52-48-44-40-37-35-33-31-29-27-25-23-21-19-17-15-16-18-20-22-24-26-28-30-32-34-36-39-42-46-50-54-58-66(75)72-63(62-81-71-70(79)69(78)68(77)65(61-73)82-71)64(74)57-53-49-45-41-14-12-10-8-6-4-2/h19,21,25,27,53,57,63-65,68-71,73-74,77-79H,3-18,20,22-24,26,28-52,54-56,58-62H2,1-2H3,(H,72,75)/b21-19-,27-25-,57-53+. The number of allylic oxidation sites excluding steroid dienone is 5. The Morgan fingerprint density at radius 1 is 0.451 bits per heavy atom. The number of carbonyl (C=O) groups is 2. The summed E-state index contributed by atoms with van der Waals surface area (Å²) < 4.78 is 16.7. The van der Waals surface area contributed by atoms with Gasteiger partial charge >= 0.3 is 5.97 Å². The number of hydrogen-bond donors (Lipinski definition) is 6. The quantitative estimate of drug-likeness (QED) is 0.0195. The van der Waals surface area contributed by atoms with Crippen molar-refractivity contribution < 1.29 is 49.3 Å². The van der Waals surface area contributed by atoms with Crippen LogP contribution in [0, 0.1) is 0 Å².